The van der Waals surface area contributed by atoms with E-state index < -0.39 is 0 Å². The lowest BCUT2D eigenvalue weighted by molar-refractivity contribution is 0.483. The first kappa shape index (κ1) is 15.4. The fourth-order valence-electron chi connectivity index (χ4n) is 2.29. The van der Waals surface area contributed by atoms with Gasteiger partial charge in [0.1, 0.15) is 5.52 Å². The number of fused-ring (bicyclic) bond motifs is 1. The Labute approximate surface area is 126 Å². The lowest BCUT2D eigenvalue weighted by Gasteiger charge is -2.28. The highest BCUT2D eigenvalue weighted by Gasteiger charge is 2.28. The molecule has 1 aromatic carbocycles. The predicted molar refractivity (Wildman–Crippen MR) is 85.7 cm³/mol. The summed E-state index contributed by atoms with van der Waals surface area (Å²) in [6.45, 7) is 13.4. The van der Waals surface area contributed by atoms with Crippen molar-refractivity contribution < 1.29 is 4.42 Å². The van der Waals surface area contributed by atoms with Gasteiger partial charge in [-0.25, -0.2) is 0 Å². The lowest BCUT2D eigenvalue weighted by Crippen LogP contribution is -2.20. The molecule has 20 heavy (non-hydrogen) atoms. The summed E-state index contributed by atoms with van der Waals surface area (Å²) < 4.78 is 5.64. The van der Waals surface area contributed by atoms with Crippen LogP contribution in [0.1, 0.15) is 65.5 Å². The minimum absolute atomic E-state index is 0.0426. The summed E-state index contributed by atoms with van der Waals surface area (Å²) in [4.78, 5) is 4.33. The number of hydrogen-bond donors (Lipinski definition) is 0. The number of benzene rings is 1. The van der Waals surface area contributed by atoms with E-state index in [9.17, 15) is 0 Å². The largest absolute Gasteiger partial charge is 0.427 e. The Hall–Kier alpha value is -1.02. The third-order valence-electron chi connectivity index (χ3n) is 4.74. The van der Waals surface area contributed by atoms with E-state index in [1.807, 2.05) is 0 Å². The van der Waals surface area contributed by atoms with Gasteiger partial charge < -0.3 is 4.42 Å². The van der Waals surface area contributed by atoms with Gasteiger partial charge in [0.05, 0.1) is 0 Å². The van der Waals surface area contributed by atoms with Crippen LogP contribution in [0.5, 0.6) is 0 Å². The van der Waals surface area contributed by atoms with Gasteiger partial charge in [0.25, 0.3) is 5.35 Å². The SMILES string of the molecule is CCC(C)(C)c1cc(C(C)(C)CC)c2oc(Cl)nc2c1. The third kappa shape index (κ3) is 2.58. The van der Waals surface area contributed by atoms with Crippen LogP contribution < -0.4 is 0 Å². The zero-order valence-corrected chi connectivity index (χ0v) is 14.1. The number of oxazole rings is 1. The van der Waals surface area contributed by atoms with Crippen molar-refractivity contribution in [3.63, 3.8) is 0 Å². The monoisotopic (exact) mass is 293 g/mol. The molecule has 1 aromatic heterocycles. The molecule has 0 atom stereocenters. The molecule has 1 heterocycles. The Morgan fingerprint density at radius 1 is 1.05 bits per heavy atom. The van der Waals surface area contributed by atoms with E-state index in [1.165, 1.54) is 11.1 Å². The van der Waals surface area contributed by atoms with Crippen molar-refractivity contribution in [2.24, 2.45) is 0 Å². The Kier molecular flexibility index (Phi) is 3.90. The van der Waals surface area contributed by atoms with E-state index in [2.05, 4.69) is 58.7 Å². The Morgan fingerprint density at radius 3 is 2.20 bits per heavy atom. The standard InChI is InChI=1S/C17H24ClNO/c1-7-16(3,4)11-9-12(17(5,6)8-2)14-13(10-11)19-15(18)20-14/h9-10H,7-8H2,1-6H3. The zero-order chi connectivity index (χ0) is 15.1. The van der Waals surface area contributed by atoms with E-state index in [-0.39, 0.29) is 16.2 Å². The highest BCUT2D eigenvalue weighted by Crippen LogP contribution is 2.38. The van der Waals surface area contributed by atoms with Crippen LogP contribution in [0, 0.1) is 0 Å². The van der Waals surface area contributed by atoms with Crippen LogP contribution >= 0.6 is 11.6 Å². The molecular formula is C17H24ClNO. The quantitative estimate of drug-likeness (QED) is 0.706. The normalized spacial score (nSPS) is 13.2. The molecule has 3 heteroatoms. The first-order valence-corrected chi connectivity index (χ1v) is 7.70. The van der Waals surface area contributed by atoms with Crippen molar-refractivity contribution in [3.8, 4) is 0 Å². The fourth-order valence-corrected chi connectivity index (χ4v) is 2.46. The second-order valence-electron chi connectivity index (χ2n) is 6.81. The minimum atomic E-state index is 0.0426. The van der Waals surface area contributed by atoms with Gasteiger partial charge in [0, 0.05) is 5.56 Å². The van der Waals surface area contributed by atoms with Crippen LogP contribution in [0.25, 0.3) is 11.1 Å². The summed E-state index contributed by atoms with van der Waals surface area (Å²) in [5.74, 6) is 0. The number of hydrogen-bond acceptors (Lipinski definition) is 2. The molecular weight excluding hydrogens is 270 g/mol. The van der Waals surface area contributed by atoms with Gasteiger partial charge in [-0.15, -0.1) is 0 Å². The van der Waals surface area contributed by atoms with Gasteiger partial charge in [-0.2, -0.15) is 4.98 Å². The number of aromatic nitrogens is 1. The highest BCUT2D eigenvalue weighted by atomic mass is 35.5. The summed E-state index contributed by atoms with van der Waals surface area (Å²) >= 11 is 5.97. The maximum atomic E-state index is 5.97. The summed E-state index contributed by atoms with van der Waals surface area (Å²) in [6, 6.07) is 4.39. The number of nitrogens with zero attached hydrogens (tertiary/aromatic N) is 1. The molecule has 0 saturated heterocycles. The second-order valence-corrected chi connectivity index (χ2v) is 7.14. The summed E-state index contributed by atoms with van der Waals surface area (Å²) in [5, 5.41) is 0.222. The zero-order valence-electron chi connectivity index (χ0n) is 13.3. The van der Waals surface area contributed by atoms with E-state index in [1.54, 1.807) is 0 Å². The summed E-state index contributed by atoms with van der Waals surface area (Å²) in [5.41, 5.74) is 4.37. The molecule has 0 spiro atoms. The molecule has 2 rings (SSSR count). The molecule has 0 unspecified atom stereocenters. The Morgan fingerprint density at radius 2 is 1.65 bits per heavy atom. The van der Waals surface area contributed by atoms with Crippen LogP contribution in [0.4, 0.5) is 0 Å². The third-order valence-corrected chi connectivity index (χ3v) is 4.90. The van der Waals surface area contributed by atoms with Crippen LogP contribution in [-0.2, 0) is 10.8 Å². The molecule has 0 radical (unpaired) electrons. The van der Waals surface area contributed by atoms with Crippen molar-refractivity contribution in [3.05, 3.63) is 28.6 Å². The van der Waals surface area contributed by atoms with Crippen molar-refractivity contribution in [1.29, 1.82) is 0 Å². The van der Waals surface area contributed by atoms with Crippen molar-refractivity contribution in [2.45, 2.75) is 65.2 Å². The van der Waals surface area contributed by atoms with Gasteiger partial charge in [0.2, 0.25) is 0 Å². The molecule has 0 N–H and O–H groups in total. The lowest BCUT2D eigenvalue weighted by atomic mass is 9.76. The maximum Gasteiger partial charge on any atom is 0.293 e. The predicted octanol–water partition coefficient (Wildman–Crippen LogP) is 5.86. The van der Waals surface area contributed by atoms with Gasteiger partial charge >= 0.3 is 0 Å². The Bertz CT molecular complexity index is 625. The number of rotatable bonds is 4. The average Bonchev–Trinajstić information content (AvgIpc) is 2.77. The first-order valence-electron chi connectivity index (χ1n) is 7.32. The summed E-state index contributed by atoms with van der Waals surface area (Å²) in [7, 11) is 0. The Balaban J connectivity index is 2.77. The number of halogens is 1. The smallest absolute Gasteiger partial charge is 0.293 e. The van der Waals surface area contributed by atoms with Crippen molar-refractivity contribution >= 4 is 22.7 Å². The van der Waals surface area contributed by atoms with Gasteiger partial charge in [-0.3, -0.25) is 0 Å². The first-order chi connectivity index (χ1) is 9.21. The molecule has 0 saturated carbocycles. The fraction of sp³-hybridized carbons (Fsp3) is 0.588. The van der Waals surface area contributed by atoms with Gasteiger partial charge in [-0.1, -0.05) is 47.6 Å². The highest BCUT2D eigenvalue weighted by molar-refractivity contribution is 6.28. The molecule has 0 aliphatic rings. The van der Waals surface area contributed by atoms with Gasteiger partial charge in [-0.05, 0) is 46.9 Å². The molecule has 0 aliphatic heterocycles. The summed E-state index contributed by atoms with van der Waals surface area (Å²) in [6.07, 6.45) is 2.12. The molecule has 0 fully saturated rings. The molecule has 0 amide bonds. The van der Waals surface area contributed by atoms with Gasteiger partial charge in [0.15, 0.2) is 5.58 Å². The van der Waals surface area contributed by atoms with Crippen LogP contribution in [0.3, 0.4) is 0 Å². The molecule has 0 bridgehead atoms. The molecule has 110 valence electrons. The van der Waals surface area contributed by atoms with Crippen LogP contribution in [0.15, 0.2) is 16.5 Å². The van der Waals surface area contributed by atoms with Crippen molar-refractivity contribution in [1.82, 2.24) is 4.98 Å². The maximum absolute atomic E-state index is 5.97. The molecule has 2 nitrogen and oxygen atoms in total. The van der Waals surface area contributed by atoms with Crippen LogP contribution in [-0.4, -0.2) is 4.98 Å². The average molecular weight is 294 g/mol. The van der Waals surface area contributed by atoms with E-state index in [4.69, 9.17) is 16.0 Å². The molecule has 2 aromatic rings. The minimum Gasteiger partial charge on any atom is -0.427 e. The van der Waals surface area contributed by atoms with E-state index in [0.29, 0.717) is 0 Å². The van der Waals surface area contributed by atoms with E-state index >= 15 is 0 Å². The molecule has 0 aliphatic carbocycles. The van der Waals surface area contributed by atoms with E-state index in [0.717, 1.165) is 23.9 Å². The van der Waals surface area contributed by atoms with Crippen LogP contribution in [0.2, 0.25) is 5.35 Å². The topological polar surface area (TPSA) is 26.0 Å². The second kappa shape index (κ2) is 5.07. The van der Waals surface area contributed by atoms with Crippen molar-refractivity contribution in [2.75, 3.05) is 0 Å².